The zero-order valence-electron chi connectivity index (χ0n) is 13.8. The van der Waals surface area contributed by atoms with Crippen molar-refractivity contribution in [2.75, 3.05) is 19.6 Å². The Hall–Kier alpha value is -0.850. The van der Waals surface area contributed by atoms with Crippen LogP contribution in [0.15, 0.2) is 29.3 Å². The van der Waals surface area contributed by atoms with E-state index in [9.17, 15) is 4.39 Å². The Balaban J connectivity index is 0.00000192. The molecule has 1 saturated heterocycles. The first-order valence-electron chi connectivity index (χ1n) is 8.40. The Morgan fingerprint density at radius 1 is 1.30 bits per heavy atom. The molecule has 1 unspecified atom stereocenters. The Bertz CT molecular complexity index is 540. The highest BCUT2D eigenvalue weighted by Gasteiger charge is 2.38. The number of halogens is 2. The van der Waals surface area contributed by atoms with E-state index in [0.717, 1.165) is 32.5 Å². The molecule has 2 fully saturated rings. The van der Waals surface area contributed by atoms with Crippen LogP contribution in [-0.2, 0) is 5.41 Å². The predicted molar refractivity (Wildman–Crippen MR) is 104 cm³/mol. The summed E-state index contributed by atoms with van der Waals surface area (Å²) >= 11 is 0. The number of benzene rings is 1. The van der Waals surface area contributed by atoms with Crippen LogP contribution in [0.4, 0.5) is 4.39 Å². The monoisotopic (exact) mass is 431 g/mol. The van der Waals surface area contributed by atoms with Crippen LogP contribution in [0.5, 0.6) is 0 Å². The zero-order chi connectivity index (χ0) is 15.6. The van der Waals surface area contributed by atoms with Gasteiger partial charge in [0.25, 0.3) is 0 Å². The van der Waals surface area contributed by atoms with Crippen molar-refractivity contribution in [3.8, 4) is 0 Å². The van der Waals surface area contributed by atoms with Gasteiger partial charge in [0.15, 0.2) is 5.96 Å². The van der Waals surface area contributed by atoms with Crippen LogP contribution in [-0.4, -0.2) is 30.5 Å². The lowest BCUT2D eigenvalue weighted by Gasteiger charge is -2.41. The molecule has 2 N–H and O–H groups in total. The van der Waals surface area contributed by atoms with Crippen molar-refractivity contribution in [2.24, 2.45) is 16.6 Å². The quantitative estimate of drug-likeness (QED) is 0.448. The minimum Gasteiger partial charge on any atom is -0.370 e. The third-order valence-electron chi connectivity index (χ3n) is 5.29. The molecule has 1 aromatic carbocycles. The second-order valence-electron chi connectivity index (χ2n) is 7.01. The summed E-state index contributed by atoms with van der Waals surface area (Å²) in [5.41, 5.74) is 7.48. The van der Waals surface area contributed by atoms with Crippen molar-refractivity contribution >= 4 is 29.9 Å². The maximum atomic E-state index is 13.1. The number of nitrogens with two attached hydrogens (primary N) is 1. The minimum atomic E-state index is -0.177. The van der Waals surface area contributed by atoms with E-state index in [1.54, 1.807) is 12.1 Å². The van der Waals surface area contributed by atoms with Crippen LogP contribution in [0.3, 0.4) is 0 Å². The summed E-state index contributed by atoms with van der Waals surface area (Å²) in [5, 5.41) is 0. The molecule has 2 aliphatic rings. The first-order chi connectivity index (χ1) is 10.6. The normalized spacial score (nSPS) is 23.8. The van der Waals surface area contributed by atoms with Gasteiger partial charge in [0.05, 0.1) is 6.54 Å². The number of likely N-dealkylation sites (tertiary alicyclic amines) is 1. The van der Waals surface area contributed by atoms with E-state index in [-0.39, 0.29) is 35.2 Å². The SMILES string of the molecule is CC1CCCN(C(N)=NCC2(c3ccc(F)cc3)CCC2)C1.I. The number of rotatable bonds is 3. The first-order valence-corrected chi connectivity index (χ1v) is 8.40. The Labute approximate surface area is 155 Å². The topological polar surface area (TPSA) is 41.6 Å². The summed E-state index contributed by atoms with van der Waals surface area (Å²) in [6.07, 6.45) is 5.93. The molecule has 0 bridgehead atoms. The summed E-state index contributed by atoms with van der Waals surface area (Å²) < 4.78 is 13.1. The lowest BCUT2D eigenvalue weighted by Crippen LogP contribution is -2.45. The third kappa shape index (κ3) is 4.17. The number of piperidine rings is 1. The van der Waals surface area contributed by atoms with Gasteiger partial charge in [-0.15, -0.1) is 24.0 Å². The largest absolute Gasteiger partial charge is 0.370 e. The van der Waals surface area contributed by atoms with Crippen LogP contribution < -0.4 is 5.73 Å². The molecule has 0 amide bonds. The molecule has 3 rings (SSSR count). The molecule has 5 heteroatoms. The van der Waals surface area contributed by atoms with Gasteiger partial charge in [0.2, 0.25) is 0 Å². The van der Waals surface area contributed by atoms with E-state index in [4.69, 9.17) is 10.7 Å². The summed E-state index contributed by atoms with van der Waals surface area (Å²) in [5.74, 6) is 1.20. The van der Waals surface area contributed by atoms with Crippen molar-refractivity contribution in [2.45, 2.75) is 44.4 Å². The van der Waals surface area contributed by atoms with Gasteiger partial charge in [-0.25, -0.2) is 4.39 Å². The van der Waals surface area contributed by atoms with E-state index >= 15 is 0 Å². The lowest BCUT2D eigenvalue weighted by atomic mass is 9.64. The van der Waals surface area contributed by atoms with Gasteiger partial charge < -0.3 is 10.6 Å². The van der Waals surface area contributed by atoms with Crippen molar-refractivity contribution in [3.05, 3.63) is 35.6 Å². The first kappa shape index (κ1) is 18.5. The van der Waals surface area contributed by atoms with Crippen LogP contribution in [0.1, 0.15) is 44.6 Å². The summed E-state index contributed by atoms with van der Waals surface area (Å²) in [6, 6.07) is 6.91. The van der Waals surface area contributed by atoms with E-state index in [0.29, 0.717) is 11.9 Å². The van der Waals surface area contributed by atoms with E-state index < -0.39 is 0 Å². The molecule has 3 nitrogen and oxygen atoms in total. The molecule has 0 spiro atoms. The fourth-order valence-corrected chi connectivity index (χ4v) is 3.67. The van der Waals surface area contributed by atoms with Gasteiger partial charge >= 0.3 is 0 Å². The van der Waals surface area contributed by atoms with Crippen LogP contribution in [0.25, 0.3) is 0 Å². The Morgan fingerprint density at radius 3 is 2.57 bits per heavy atom. The molecule has 0 radical (unpaired) electrons. The maximum absolute atomic E-state index is 13.1. The number of hydrogen-bond donors (Lipinski definition) is 1. The van der Waals surface area contributed by atoms with Crippen LogP contribution in [0.2, 0.25) is 0 Å². The average molecular weight is 431 g/mol. The molecule has 1 saturated carbocycles. The fraction of sp³-hybridized carbons (Fsp3) is 0.611. The molecule has 1 heterocycles. The Morgan fingerprint density at radius 2 is 2.00 bits per heavy atom. The zero-order valence-corrected chi connectivity index (χ0v) is 16.1. The molecular weight excluding hydrogens is 404 g/mol. The van der Waals surface area contributed by atoms with Crippen molar-refractivity contribution in [1.29, 1.82) is 0 Å². The molecule has 1 aliphatic heterocycles. The molecule has 1 atom stereocenters. The molecular formula is C18H27FIN3. The summed E-state index contributed by atoms with van der Waals surface area (Å²) in [4.78, 5) is 6.92. The molecule has 1 aliphatic carbocycles. The second-order valence-corrected chi connectivity index (χ2v) is 7.01. The Kier molecular flexibility index (Phi) is 6.28. The van der Waals surface area contributed by atoms with Crippen molar-refractivity contribution in [3.63, 3.8) is 0 Å². The van der Waals surface area contributed by atoms with Gasteiger partial charge in [0.1, 0.15) is 5.82 Å². The van der Waals surface area contributed by atoms with Crippen molar-refractivity contribution < 1.29 is 4.39 Å². The highest BCUT2D eigenvalue weighted by atomic mass is 127. The second kappa shape index (κ2) is 7.81. The van der Waals surface area contributed by atoms with Crippen LogP contribution >= 0.6 is 24.0 Å². The van der Waals surface area contributed by atoms with Gasteiger partial charge in [-0.05, 0) is 49.3 Å². The molecule has 1 aromatic rings. The highest BCUT2D eigenvalue weighted by molar-refractivity contribution is 14.0. The van der Waals surface area contributed by atoms with E-state index in [1.165, 1.54) is 24.8 Å². The maximum Gasteiger partial charge on any atom is 0.191 e. The standard InChI is InChI=1S/C18H26FN3.HI/c1-14-4-2-11-22(12-14)17(20)21-13-18(9-3-10-18)15-5-7-16(19)8-6-15;/h5-8,14H,2-4,9-13H2,1H3,(H2,20,21);1H. The van der Waals surface area contributed by atoms with Gasteiger partial charge in [-0.3, -0.25) is 4.99 Å². The minimum absolute atomic E-state index is 0. The van der Waals surface area contributed by atoms with Crippen LogP contribution in [0, 0.1) is 11.7 Å². The summed E-state index contributed by atoms with van der Waals surface area (Å²) in [7, 11) is 0. The van der Waals surface area contributed by atoms with Gasteiger partial charge in [0, 0.05) is 18.5 Å². The number of nitrogens with zero attached hydrogens (tertiary/aromatic N) is 2. The highest BCUT2D eigenvalue weighted by Crippen LogP contribution is 2.44. The molecule has 128 valence electrons. The van der Waals surface area contributed by atoms with Gasteiger partial charge in [-0.2, -0.15) is 0 Å². The predicted octanol–water partition coefficient (Wildman–Crippen LogP) is 3.91. The molecule has 0 aromatic heterocycles. The number of hydrogen-bond acceptors (Lipinski definition) is 1. The van der Waals surface area contributed by atoms with Gasteiger partial charge in [-0.1, -0.05) is 25.5 Å². The molecule has 23 heavy (non-hydrogen) atoms. The number of aliphatic imine (C=N–C) groups is 1. The lowest BCUT2D eigenvalue weighted by molar-refractivity contribution is 0.246. The fourth-order valence-electron chi connectivity index (χ4n) is 3.67. The average Bonchev–Trinajstić information content (AvgIpc) is 2.47. The smallest absolute Gasteiger partial charge is 0.191 e. The third-order valence-corrected chi connectivity index (χ3v) is 5.29. The number of guanidine groups is 1. The van der Waals surface area contributed by atoms with E-state index in [1.807, 2.05) is 12.1 Å². The van der Waals surface area contributed by atoms with E-state index in [2.05, 4.69) is 11.8 Å². The van der Waals surface area contributed by atoms with Crippen molar-refractivity contribution in [1.82, 2.24) is 4.90 Å². The summed E-state index contributed by atoms with van der Waals surface area (Å²) in [6.45, 7) is 5.02.